The van der Waals surface area contributed by atoms with Crippen molar-refractivity contribution in [2.45, 2.75) is 19.8 Å². The minimum Gasteiger partial charge on any atom is -0.481 e. The first-order valence-electron chi connectivity index (χ1n) is 5.92. The number of hydrogen-bond acceptors (Lipinski definition) is 2. The normalized spacial score (nSPS) is 11.9. The molecule has 4 nitrogen and oxygen atoms in total. The molecular formula is C13H15BrFNO3. The molecule has 1 aromatic rings. The van der Waals surface area contributed by atoms with Gasteiger partial charge in [-0.2, -0.15) is 0 Å². The molecule has 0 aliphatic rings. The lowest BCUT2D eigenvalue weighted by molar-refractivity contribution is -0.141. The SMILES string of the molecule is CCCC(CNC(=O)c1cccc(F)c1Br)C(=O)O. The summed E-state index contributed by atoms with van der Waals surface area (Å²) in [7, 11) is 0. The van der Waals surface area contributed by atoms with Crippen molar-refractivity contribution in [1.82, 2.24) is 5.32 Å². The highest BCUT2D eigenvalue weighted by Crippen LogP contribution is 2.20. The van der Waals surface area contributed by atoms with Gasteiger partial charge < -0.3 is 10.4 Å². The Hall–Kier alpha value is -1.43. The lowest BCUT2D eigenvalue weighted by Crippen LogP contribution is -2.33. The van der Waals surface area contributed by atoms with Crippen molar-refractivity contribution in [3.05, 3.63) is 34.1 Å². The Labute approximate surface area is 119 Å². The van der Waals surface area contributed by atoms with Crippen molar-refractivity contribution < 1.29 is 19.1 Å². The summed E-state index contributed by atoms with van der Waals surface area (Å²) in [6.45, 7) is 1.91. The molecule has 0 saturated carbocycles. The fourth-order valence-electron chi connectivity index (χ4n) is 1.65. The van der Waals surface area contributed by atoms with Crippen LogP contribution in [0.25, 0.3) is 0 Å². The molecule has 1 unspecified atom stereocenters. The van der Waals surface area contributed by atoms with Crippen LogP contribution in [0.4, 0.5) is 4.39 Å². The van der Waals surface area contributed by atoms with Crippen LogP contribution in [0, 0.1) is 11.7 Å². The fourth-order valence-corrected chi connectivity index (χ4v) is 2.10. The lowest BCUT2D eigenvalue weighted by atomic mass is 10.0. The summed E-state index contributed by atoms with van der Waals surface area (Å²) >= 11 is 3.00. The Bertz CT molecular complexity index is 479. The van der Waals surface area contributed by atoms with Crippen LogP contribution in [-0.2, 0) is 4.79 Å². The zero-order chi connectivity index (χ0) is 14.4. The number of carbonyl (C=O) groups excluding carboxylic acids is 1. The quantitative estimate of drug-likeness (QED) is 0.842. The Balaban J connectivity index is 2.69. The summed E-state index contributed by atoms with van der Waals surface area (Å²) in [5.41, 5.74) is 0.153. The molecule has 6 heteroatoms. The van der Waals surface area contributed by atoms with Gasteiger partial charge in [0.25, 0.3) is 5.91 Å². The molecule has 0 heterocycles. The van der Waals surface area contributed by atoms with E-state index in [4.69, 9.17) is 5.11 Å². The molecule has 0 aromatic heterocycles. The van der Waals surface area contributed by atoms with Crippen LogP contribution in [-0.4, -0.2) is 23.5 Å². The fraction of sp³-hybridized carbons (Fsp3) is 0.385. The highest BCUT2D eigenvalue weighted by Gasteiger charge is 2.19. The highest BCUT2D eigenvalue weighted by atomic mass is 79.9. The third-order valence-corrected chi connectivity index (χ3v) is 3.50. The number of halogens is 2. The number of carboxylic acids is 1. The third kappa shape index (κ3) is 4.31. The zero-order valence-corrected chi connectivity index (χ0v) is 12.0. The zero-order valence-electron chi connectivity index (χ0n) is 10.5. The molecule has 1 amide bonds. The molecule has 1 aromatic carbocycles. The van der Waals surface area contributed by atoms with Gasteiger partial charge in [0.15, 0.2) is 0 Å². The molecule has 2 N–H and O–H groups in total. The second-order valence-corrected chi connectivity index (χ2v) is 4.93. The molecule has 0 bridgehead atoms. The predicted octanol–water partition coefficient (Wildman–Crippen LogP) is 2.82. The van der Waals surface area contributed by atoms with Crippen LogP contribution >= 0.6 is 15.9 Å². The Morgan fingerprint density at radius 3 is 2.74 bits per heavy atom. The topological polar surface area (TPSA) is 66.4 Å². The average molecular weight is 332 g/mol. The van der Waals surface area contributed by atoms with Crippen molar-refractivity contribution in [2.24, 2.45) is 5.92 Å². The third-order valence-electron chi connectivity index (χ3n) is 2.69. The van der Waals surface area contributed by atoms with E-state index < -0.39 is 23.6 Å². The predicted molar refractivity (Wildman–Crippen MR) is 72.5 cm³/mol. The lowest BCUT2D eigenvalue weighted by Gasteiger charge is -2.13. The molecule has 1 rings (SSSR count). The van der Waals surface area contributed by atoms with E-state index >= 15 is 0 Å². The summed E-state index contributed by atoms with van der Waals surface area (Å²) in [5.74, 6) is -2.59. The first kappa shape index (κ1) is 15.6. The standard InChI is InChI=1S/C13H15BrFNO3/c1-2-4-8(13(18)19)7-16-12(17)9-5-3-6-10(15)11(9)14/h3,5-6,8H,2,4,7H2,1H3,(H,16,17)(H,18,19). The van der Waals surface area contributed by atoms with Gasteiger partial charge in [-0.05, 0) is 34.5 Å². The Morgan fingerprint density at radius 2 is 2.16 bits per heavy atom. The number of carboxylic acid groups (broad SMARTS) is 1. The first-order chi connectivity index (χ1) is 8.97. The minimum atomic E-state index is -0.944. The van der Waals surface area contributed by atoms with E-state index in [9.17, 15) is 14.0 Å². The summed E-state index contributed by atoms with van der Waals surface area (Å²) in [6, 6.07) is 4.13. The van der Waals surface area contributed by atoms with Crippen molar-refractivity contribution in [3.63, 3.8) is 0 Å². The summed E-state index contributed by atoms with van der Waals surface area (Å²) in [4.78, 5) is 22.8. The summed E-state index contributed by atoms with van der Waals surface area (Å²) in [5, 5.41) is 11.5. The number of carbonyl (C=O) groups is 2. The van der Waals surface area contributed by atoms with Gasteiger partial charge in [-0.3, -0.25) is 9.59 Å². The van der Waals surface area contributed by atoms with Gasteiger partial charge in [0.05, 0.1) is 16.0 Å². The largest absolute Gasteiger partial charge is 0.481 e. The van der Waals surface area contributed by atoms with Crippen molar-refractivity contribution >= 4 is 27.8 Å². The number of benzene rings is 1. The van der Waals surface area contributed by atoms with Gasteiger partial charge >= 0.3 is 5.97 Å². The van der Waals surface area contributed by atoms with Crippen LogP contribution in [0.3, 0.4) is 0 Å². The smallest absolute Gasteiger partial charge is 0.308 e. The maximum atomic E-state index is 13.3. The maximum Gasteiger partial charge on any atom is 0.308 e. The molecule has 0 fully saturated rings. The van der Waals surface area contributed by atoms with Crippen molar-refractivity contribution in [3.8, 4) is 0 Å². The maximum absolute atomic E-state index is 13.3. The minimum absolute atomic E-state index is 0.0327. The van der Waals surface area contributed by atoms with Gasteiger partial charge in [-0.1, -0.05) is 19.4 Å². The van der Waals surface area contributed by atoms with Crippen LogP contribution in [0.1, 0.15) is 30.1 Å². The van der Waals surface area contributed by atoms with Crippen LogP contribution in [0.15, 0.2) is 22.7 Å². The molecule has 0 saturated heterocycles. The number of nitrogens with one attached hydrogen (secondary N) is 1. The monoisotopic (exact) mass is 331 g/mol. The van der Waals surface area contributed by atoms with Gasteiger partial charge in [-0.15, -0.1) is 0 Å². The Morgan fingerprint density at radius 1 is 1.47 bits per heavy atom. The van der Waals surface area contributed by atoms with Crippen LogP contribution < -0.4 is 5.32 Å². The van der Waals surface area contributed by atoms with E-state index in [2.05, 4.69) is 21.2 Å². The molecule has 1 atom stereocenters. The molecule has 0 aliphatic heterocycles. The number of aliphatic carboxylic acids is 1. The van der Waals surface area contributed by atoms with E-state index in [0.717, 1.165) is 6.42 Å². The van der Waals surface area contributed by atoms with E-state index in [1.54, 1.807) is 0 Å². The van der Waals surface area contributed by atoms with Gasteiger partial charge in [-0.25, -0.2) is 4.39 Å². The van der Waals surface area contributed by atoms with Crippen LogP contribution in [0.2, 0.25) is 0 Å². The van der Waals surface area contributed by atoms with Crippen LogP contribution in [0.5, 0.6) is 0 Å². The van der Waals surface area contributed by atoms with Gasteiger partial charge in [0, 0.05) is 6.54 Å². The van der Waals surface area contributed by atoms with Crippen molar-refractivity contribution in [2.75, 3.05) is 6.54 Å². The molecule has 104 valence electrons. The molecule has 19 heavy (non-hydrogen) atoms. The number of amides is 1. The highest BCUT2D eigenvalue weighted by molar-refractivity contribution is 9.10. The van der Waals surface area contributed by atoms with E-state index in [1.807, 2.05) is 6.92 Å². The molecular weight excluding hydrogens is 317 g/mol. The Kier molecular flexibility index (Phi) is 5.95. The van der Waals surface area contributed by atoms with Crippen molar-refractivity contribution in [1.29, 1.82) is 0 Å². The van der Waals surface area contributed by atoms with Gasteiger partial charge in [0.1, 0.15) is 5.82 Å². The molecule has 0 radical (unpaired) electrons. The summed E-state index contributed by atoms with van der Waals surface area (Å²) in [6.07, 6.45) is 1.20. The first-order valence-corrected chi connectivity index (χ1v) is 6.71. The van der Waals surface area contributed by atoms with E-state index in [-0.39, 0.29) is 16.6 Å². The second-order valence-electron chi connectivity index (χ2n) is 4.14. The molecule has 0 spiro atoms. The average Bonchev–Trinajstić information content (AvgIpc) is 2.37. The van der Waals surface area contributed by atoms with E-state index in [0.29, 0.717) is 6.42 Å². The van der Waals surface area contributed by atoms with Gasteiger partial charge in [0.2, 0.25) is 0 Å². The number of rotatable bonds is 6. The summed E-state index contributed by atoms with van der Waals surface area (Å²) < 4.78 is 13.3. The van der Waals surface area contributed by atoms with E-state index in [1.165, 1.54) is 18.2 Å². The second kappa shape index (κ2) is 7.23. The molecule has 0 aliphatic carbocycles. The number of hydrogen-bond donors (Lipinski definition) is 2.